The minimum absolute atomic E-state index is 0.00313. The number of rotatable bonds is 8. The van der Waals surface area contributed by atoms with Crippen LogP contribution < -0.4 is 9.50 Å². The van der Waals surface area contributed by atoms with Crippen molar-refractivity contribution in [2.75, 3.05) is 6.61 Å². The molecule has 0 radical (unpaired) electrons. The molecule has 0 aliphatic heterocycles. The molecule has 0 saturated heterocycles. The Morgan fingerprint density at radius 1 is 1.07 bits per heavy atom. The maximum atomic E-state index is 12.5. The van der Waals surface area contributed by atoms with E-state index in [1.807, 2.05) is 19.9 Å². The summed E-state index contributed by atoms with van der Waals surface area (Å²) < 4.78 is 35.2. The largest absolute Gasteiger partial charge is 0.452 e. The van der Waals surface area contributed by atoms with E-state index >= 15 is 0 Å². The normalized spacial score (nSPS) is 12.1. The van der Waals surface area contributed by atoms with Crippen LogP contribution in [0.5, 0.6) is 5.75 Å². The van der Waals surface area contributed by atoms with E-state index in [1.54, 1.807) is 26.0 Å². The third-order valence-corrected chi connectivity index (χ3v) is 5.65. The second-order valence-electron chi connectivity index (χ2n) is 6.78. The molecule has 2 aromatic carbocycles. The molecule has 0 saturated carbocycles. The molecule has 1 atom stereocenters. The van der Waals surface area contributed by atoms with Crippen molar-refractivity contribution in [2.24, 2.45) is 0 Å². The van der Waals surface area contributed by atoms with Gasteiger partial charge in [-0.1, -0.05) is 19.1 Å². The fraction of sp³-hybridized carbons (Fsp3) is 0.333. The first-order valence-electron chi connectivity index (χ1n) is 9.20. The minimum Gasteiger partial charge on any atom is -0.452 e. The number of esters is 1. The zero-order valence-corrected chi connectivity index (χ0v) is 17.7. The summed E-state index contributed by atoms with van der Waals surface area (Å²) in [6, 6.07) is 10.5. The van der Waals surface area contributed by atoms with E-state index in [1.165, 1.54) is 24.3 Å². The van der Waals surface area contributed by atoms with Crippen LogP contribution in [0.25, 0.3) is 0 Å². The van der Waals surface area contributed by atoms with E-state index < -0.39 is 16.1 Å². The van der Waals surface area contributed by atoms with Crippen molar-refractivity contribution in [1.82, 2.24) is 5.32 Å². The van der Waals surface area contributed by atoms with Crippen LogP contribution in [0.4, 0.5) is 0 Å². The molecule has 0 aliphatic rings. The van der Waals surface area contributed by atoms with E-state index in [4.69, 9.17) is 8.92 Å². The van der Waals surface area contributed by atoms with Gasteiger partial charge in [0.25, 0.3) is 5.91 Å². The SMILES string of the molecule is CC[C@@H](C)NC(=O)COC(=O)c1ccc(OS(=O)(=O)c2cc(C)ccc2C)cc1. The lowest BCUT2D eigenvalue weighted by molar-refractivity contribution is -0.124. The number of hydrogen-bond donors (Lipinski definition) is 1. The van der Waals surface area contributed by atoms with Crippen LogP contribution in [0.3, 0.4) is 0 Å². The molecule has 0 fully saturated rings. The summed E-state index contributed by atoms with van der Waals surface area (Å²) in [4.78, 5) is 23.8. The van der Waals surface area contributed by atoms with Gasteiger partial charge in [0, 0.05) is 6.04 Å². The van der Waals surface area contributed by atoms with Crippen molar-refractivity contribution >= 4 is 22.0 Å². The van der Waals surface area contributed by atoms with Gasteiger partial charge in [-0.15, -0.1) is 0 Å². The Morgan fingerprint density at radius 2 is 1.72 bits per heavy atom. The molecule has 0 unspecified atom stereocenters. The van der Waals surface area contributed by atoms with Crippen LogP contribution in [0, 0.1) is 13.8 Å². The molecule has 2 rings (SSSR count). The van der Waals surface area contributed by atoms with Crippen molar-refractivity contribution in [3.05, 3.63) is 59.2 Å². The average Bonchev–Trinajstić information content (AvgIpc) is 2.68. The Hall–Kier alpha value is -2.87. The highest BCUT2D eigenvalue weighted by Crippen LogP contribution is 2.22. The van der Waals surface area contributed by atoms with Crippen molar-refractivity contribution in [2.45, 2.75) is 45.1 Å². The first-order valence-corrected chi connectivity index (χ1v) is 10.6. The molecular weight excluding hydrogens is 394 g/mol. The topological polar surface area (TPSA) is 98.8 Å². The predicted octanol–water partition coefficient (Wildman–Crippen LogP) is 3.14. The van der Waals surface area contributed by atoms with Gasteiger partial charge in [-0.05, 0) is 68.7 Å². The Bertz CT molecular complexity index is 983. The highest BCUT2D eigenvalue weighted by Gasteiger charge is 2.20. The molecule has 0 heterocycles. The van der Waals surface area contributed by atoms with E-state index in [2.05, 4.69) is 5.32 Å². The van der Waals surface area contributed by atoms with Crippen LogP contribution in [0.1, 0.15) is 41.8 Å². The highest BCUT2D eigenvalue weighted by molar-refractivity contribution is 7.87. The quantitative estimate of drug-likeness (QED) is 0.521. The second-order valence-corrected chi connectivity index (χ2v) is 8.30. The van der Waals surface area contributed by atoms with Crippen LogP contribution in [0.15, 0.2) is 47.4 Å². The fourth-order valence-electron chi connectivity index (χ4n) is 2.43. The lowest BCUT2D eigenvalue weighted by Gasteiger charge is -2.12. The number of nitrogens with one attached hydrogen (secondary N) is 1. The smallest absolute Gasteiger partial charge is 0.339 e. The van der Waals surface area contributed by atoms with Gasteiger partial charge >= 0.3 is 16.1 Å². The number of aryl methyl sites for hydroxylation is 2. The van der Waals surface area contributed by atoms with Gasteiger partial charge in [0.1, 0.15) is 10.6 Å². The van der Waals surface area contributed by atoms with Crippen LogP contribution in [-0.2, 0) is 19.6 Å². The van der Waals surface area contributed by atoms with Gasteiger partial charge in [0.05, 0.1) is 5.56 Å². The molecule has 0 spiro atoms. The summed E-state index contributed by atoms with van der Waals surface area (Å²) >= 11 is 0. The van der Waals surface area contributed by atoms with Gasteiger partial charge in [0.2, 0.25) is 0 Å². The van der Waals surface area contributed by atoms with Gasteiger partial charge in [-0.2, -0.15) is 8.42 Å². The van der Waals surface area contributed by atoms with Gasteiger partial charge < -0.3 is 14.2 Å². The number of amides is 1. The van der Waals surface area contributed by atoms with Crippen LogP contribution in [0.2, 0.25) is 0 Å². The third-order valence-electron chi connectivity index (χ3n) is 4.26. The molecule has 29 heavy (non-hydrogen) atoms. The van der Waals surface area contributed by atoms with Gasteiger partial charge in [0.15, 0.2) is 6.61 Å². The standard InChI is InChI=1S/C21H25NO6S/c1-5-16(4)22-20(23)13-27-21(24)17-8-10-18(11-9-17)28-29(25,26)19-12-14(2)6-7-15(19)3/h6-12,16H,5,13H2,1-4H3,(H,22,23)/t16-/m1/s1. The van der Waals surface area contributed by atoms with Crippen molar-refractivity contribution in [3.8, 4) is 5.75 Å². The molecule has 0 bridgehead atoms. The summed E-state index contributed by atoms with van der Waals surface area (Å²) in [5, 5.41) is 2.69. The Labute approximate surface area is 171 Å². The molecule has 0 aromatic heterocycles. The predicted molar refractivity (Wildman–Crippen MR) is 108 cm³/mol. The van der Waals surface area contributed by atoms with Crippen molar-refractivity contribution < 1.29 is 26.9 Å². The second kappa shape index (κ2) is 9.56. The molecule has 0 aliphatic carbocycles. The maximum Gasteiger partial charge on any atom is 0.339 e. The molecule has 156 valence electrons. The summed E-state index contributed by atoms with van der Waals surface area (Å²) in [5.74, 6) is -1.00. The Morgan fingerprint density at radius 3 is 2.34 bits per heavy atom. The molecule has 7 nitrogen and oxygen atoms in total. The fourth-order valence-corrected chi connectivity index (χ4v) is 3.67. The number of benzene rings is 2. The summed E-state index contributed by atoms with van der Waals surface area (Å²) in [6.07, 6.45) is 0.770. The number of hydrogen-bond acceptors (Lipinski definition) is 6. The third kappa shape index (κ3) is 6.32. The highest BCUT2D eigenvalue weighted by atomic mass is 32.2. The maximum absolute atomic E-state index is 12.5. The minimum atomic E-state index is -4.00. The van der Waals surface area contributed by atoms with E-state index in [-0.39, 0.29) is 34.8 Å². The van der Waals surface area contributed by atoms with Crippen LogP contribution >= 0.6 is 0 Å². The van der Waals surface area contributed by atoms with E-state index in [0.717, 1.165) is 12.0 Å². The molecule has 2 aromatic rings. The lowest BCUT2D eigenvalue weighted by atomic mass is 10.2. The average molecular weight is 419 g/mol. The number of carbonyl (C=O) groups is 2. The van der Waals surface area contributed by atoms with E-state index in [9.17, 15) is 18.0 Å². The van der Waals surface area contributed by atoms with E-state index in [0.29, 0.717) is 5.56 Å². The number of carbonyl (C=O) groups excluding carboxylic acids is 2. The number of ether oxygens (including phenoxy) is 1. The summed E-state index contributed by atoms with van der Waals surface area (Å²) in [6.45, 7) is 6.88. The Kier molecular flexibility index (Phi) is 7.39. The zero-order valence-electron chi connectivity index (χ0n) is 16.9. The summed E-state index contributed by atoms with van der Waals surface area (Å²) in [7, 11) is -4.00. The van der Waals surface area contributed by atoms with Crippen molar-refractivity contribution in [3.63, 3.8) is 0 Å². The van der Waals surface area contributed by atoms with Crippen LogP contribution in [-0.4, -0.2) is 32.9 Å². The monoisotopic (exact) mass is 419 g/mol. The molecule has 1 N–H and O–H groups in total. The van der Waals surface area contributed by atoms with Gasteiger partial charge in [-0.3, -0.25) is 4.79 Å². The van der Waals surface area contributed by atoms with Crippen molar-refractivity contribution in [1.29, 1.82) is 0 Å². The summed E-state index contributed by atoms with van der Waals surface area (Å²) in [5.41, 5.74) is 1.55. The zero-order chi connectivity index (χ0) is 21.6. The molecular formula is C21H25NO6S. The molecule has 1 amide bonds. The first kappa shape index (κ1) is 22.4. The molecule has 8 heteroatoms. The lowest BCUT2D eigenvalue weighted by Crippen LogP contribution is -2.35. The van der Waals surface area contributed by atoms with Gasteiger partial charge in [-0.25, -0.2) is 4.79 Å². The Balaban J connectivity index is 2.02. The first-order chi connectivity index (χ1) is 13.6.